The van der Waals surface area contributed by atoms with E-state index in [2.05, 4.69) is 5.32 Å². The largest absolute Gasteiger partial charge is 0.433 e. The Hall–Kier alpha value is -2.03. The predicted octanol–water partition coefficient (Wildman–Crippen LogP) is 1.62. The number of thioether (sulfide) groups is 1. The summed E-state index contributed by atoms with van der Waals surface area (Å²) in [4.78, 5) is 35.9. The first-order valence-corrected chi connectivity index (χ1v) is 7.79. The van der Waals surface area contributed by atoms with Crippen LogP contribution in [0, 0.1) is 10.1 Å². The fraction of sp³-hybridized carbons (Fsp3) is 0.538. The van der Waals surface area contributed by atoms with Gasteiger partial charge in [-0.2, -0.15) is 0 Å². The van der Waals surface area contributed by atoms with Gasteiger partial charge in [-0.25, -0.2) is 0 Å². The van der Waals surface area contributed by atoms with Crippen LogP contribution >= 0.6 is 11.8 Å². The van der Waals surface area contributed by atoms with Crippen molar-refractivity contribution in [3.05, 3.63) is 28.0 Å². The molecule has 2 heterocycles. The number of furan rings is 1. The fourth-order valence-electron chi connectivity index (χ4n) is 2.00. The van der Waals surface area contributed by atoms with Gasteiger partial charge in [-0.3, -0.25) is 19.7 Å². The summed E-state index contributed by atoms with van der Waals surface area (Å²) in [5.74, 6) is -0.570. The van der Waals surface area contributed by atoms with Crippen molar-refractivity contribution in [1.29, 1.82) is 0 Å². The Morgan fingerprint density at radius 1 is 1.45 bits per heavy atom. The van der Waals surface area contributed by atoms with Crippen LogP contribution in [0.3, 0.4) is 0 Å². The van der Waals surface area contributed by atoms with Gasteiger partial charge in [0.1, 0.15) is 11.0 Å². The van der Waals surface area contributed by atoms with Gasteiger partial charge >= 0.3 is 5.88 Å². The first-order valence-electron chi connectivity index (χ1n) is 6.64. The molecule has 0 aliphatic carbocycles. The maximum absolute atomic E-state index is 12.4. The van der Waals surface area contributed by atoms with Gasteiger partial charge in [-0.05, 0) is 26.8 Å². The Labute approximate surface area is 131 Å². The molecule has 0 bridgehead atoms. The second-order valence-corrected chi connectivity index (χ2v) is 6.92. The third-order valence-electron chi connectivity index (χ3n) is 2.93. The van der Waals surface area contributed by atoms with Crippen molar-refractivity contribution in [2.24, 2.45) is 0 Å². The summed E-state index contributed by atoms with van der Waals surface area (Å²) < 4.78 is 4.92. The molecule has 1 saturated heterocycles. The molecule has 22 heavy (non-hydrogen) atoms. The second-order valence-electron chi connectivity index (χ2n) is 5.92. The molecule has 9 heteroatoms. The van der Waals surface area contributed by atoms with Crippen LogP contribution < -0.4 is 5.32 Å². The molecule has 1 aliphatic rings. The van der Waals surface area contributed by atoms with Crippen molar-refractivity contribution >= 4 is 29.5 Å². The summed E-state index contributed by atoms with van der Waals surface area (Å²) in [7, 11) is 0. The number of carbonyl (C=O) groups excluding carboxylic acids is 2. The van der Waals surface area contributed by atoms with Crippen LogP contribution in [-0.4, -0.2) is 44.8 Å². The number of hydrogen-bond donors (Lipinski definition) is 1. The van der Waals surface area contributed by atoms with Crippen molar-refractivity contribution in [3.63, 3.8) is 0 Å². The summed E-state index contributed by atoms with van der Waals surface area (Å²) in [6.07, 6.45) is 0. The molecule has 120 valence electrons. The lowest BCUT2D eigenvalue weighted by molar-refractivity contribution is -0.402. The van der Waals surface area contributed by atoms with Crippen molar-refractivity contribution in [3.8, 4) is 0 Å². The summed E-state index contributed by atoms with van der Waals surface area (Å²) in [5, 5.41) is 13.4. The third kappa shape index (κ3) is 3.59. The molecule has 1 aromatic heterocycles. The monoisotopic (exact) mass is 327 g/mol. The second kappa shape index (κ2) is 5.99. The van der Waals surface area contributed by atoms with Gasteiger partial charge in [-0.1, -0.05) is 0 Å². The molecule has 1 N–H and O–H groups in total. The van der Waals surface area contributed by atoms with E-state index in [9.17, 15) is 19.7 Å². The lowest BCUT2D eigenvalue weighted by Crippen LogP contribution is -2.52. The molecule has 0 radical (unpaired) electrons. The predicted molar refractivity (Wildman–Crippen MR) is 80.5 cm³/mol. The summed E-state index contributed by atoms with van der Waals surface area (Å²) in [5.41, 5.74) is -0.400. The minimum absolute atomic E-state index is 0.136. The van der Waals surface area contributed by atoms with Crippen molar-refractivity contribution in [2.45, 2.75) is 32.4 Å². The molecule has 2 rings (SSSR count). The fourth-order valence-corrected chi connectivity index (χ4v) is 3.15. The molecular formula is C13H17N3O5S. The third-order valence-corrected chi connectivity index (χ3v) is 3.94. The average molecular weight is 327 g/mol. The van der Waals surface area contributed by atoms with Crippen LogP contribution in [0.4, 0.5) is 5.88 Å². The molecule has 1 fully saturated rings. The molecule has 0 saturated carbocycles. The molecule has 8 nitrogen and oxygen atoms in total. The van der Waals surface area contributed by atoms with E-state index in [0.29, 0.717) is 11.6 Å². The molecule has 0 aromatic carbocycles. The highest BCUT2D eigenvalue weighted by Gasteiger charge is 2.37. The highest BCUT2D eigenvalue weighted by Crippen LogP contribution is 2.25. The number of nitro groups is 1. The van der Waals surface area contributed by atoms with Crippen molar-refractivity contribution < 1.29 is 18.9 Å². The normalized spacial score (nSPS) is 18.3. The zero-order valence-corrected chi connectivity index (χ0v) is 13.3. The lowest BCUT2D eigenvalue weighted by atomic mass is 10.1. The molecule has 1 aliphatic heterocycles. The van der Waals surface area contributed by atoms with Gasteiger partial charge in [0.25, 0.3) is 5.91 Å². The van der Waals surface area contributed by atoms with Crippen molar-refractivity contribution in [1.82, 2.24) is 10.2 Å². The summed E-state index contributed by atoms with van der Waals surface area (Å²) in [6, 6.07) is 1.77. The van der Waals surface area contributed by atoms with Gasteiger partial charge in [0.2, 0.25) is 5.91 Å². The number of rotatable bonds is 3. The first kappa shape index (κ1) is 16.3. The first-order chi connectivity index (χ1) is 10.2. The molecular weight excluding hydrogens is 310 g/mol. The van der Waals surface area contributed by atoms with Crippen LogP contribution in [0.2, 0.25) is 0 Å². The van der Waals surface area contributed by atoms with E-state index >= 15 is 0 Å². The van der Waals surface area contributed by atoms with Crippen LogP contribution in [0.25, 0.3) is 0 Å². The minimum Gasteiger partial charge on any atom is -0.395 e. The highest BCUT2D eigenvalue weighted by atomic mass is 32.2. The molecule has 0 unspecified atom stereocenters. The number of carbonyl (C=O) groups is 2. The minimum atomic E-state index is -0.709. The van der Waals surface area contributed by atoms with Gasteiger partial charge in [-0.15, -0.1) is 11.8 Å². The van der Waals surface area contributed by atoms with Crippen molar-refractivity contribution in [2.75, 3.05) is 11.6 Å². The number of hydrogen-bond acceptors (Lipinski definition) is 6. The summed E-state index contributed by atoms with van der Waals surface area (Å²) in [6.45, 7) is 5.57. The Bertz CT molecular complexity index is 607. The number of amides is 2. The van der Waals surface area contributed by atoms with Crippen LogP contribution in [0.15, 0.2) is 16.5 Å². The van der Waals surface area contributed by atoms with E-state index in [1.807, 2.05) is 20.8 Å². The Morgan fingerprint density at radius 3 is 2.68 bits per heavy atom. The lowest BCUT2D eigenvalue weighted by Gasteiger charge is -2.27. The standard InChI is InChI=1S/C13H17N3O5S/c1-13(2,3)14-11(17)8-6-22-7-15(8)12(18)9-4-5-10(21-9)16(19)20/h4-5,8H,6-7H2,1-3H3,(H,14,17)/t8-/m0/s1. The van der Waals surface area contributed by atoms with E-state index in [1.54, 1.807) is 0 Å². The highest BCUT2D eigenvalue weighted by molar-refractivity contribution is 7.99. The van der Waals surface area contributed by atoms with Crippen LogP contribution in [0.5, 0.6) is 0 Å². The maximum atomic E-state index is 12.4. The number of nitrogens with one attached hydrogen (secondary N) is 1. The number of nitrogens with zero attached hydrogens (tertiary/aromatic N) is 2. The van der Waals surface area contributed by atoms with E-state index in [4.69, 9.17) is 4.42 Å². The molecule has 0 spiro atoms. The van der Waals surface area contributed by atoms with E-state index in [1.165, 1.54) is 22.7 Å². The SMILES string of the molecule is CC(C)(C)NC(=O)[C@@H]1CSCN1C(=O)c1ccc([N+](=O)[O-])o1. The molecule has 2 amide bonds. The van der Waals surface area contributed by atoms with Gasteiger partial charge < -0.3 is 14.6 Å². The van der Waals surface area contributed by atoms with E-state index in [-0.39, 0.29) is 11.7 Å². The zero-order valence-electron chi connectivity index (χ0n) is 12.5. The summed E-state index contributed by atoms with van der Waals surface area (Å²) >= 11 is 1.45. The smallest absolute Gasteiger partial charge is 0.395 e. The van der Waals surface area contributed by atoms with E-state index < -0.39 is 28.3 Å². The molecule has 1 aromatic rings. The maximum Gasteiger partial charge on any atom is 0.433 e. The Balaban J connectivity index is 2.14. The topological polar surface area (TPSA) is 106 Å². The van der Waals surface area contributed by atoms with Gasteiger partial charge in [0.05, 0.1) is 11.9 Å². The zero-order chi connectivity index (χ0) is 16.5. The van der Waals surface area contributed by atoms with Crippen LogP contribution in [-0.2, 0) is 4.79 Å². The Kier molecular flexibility index (Phi) is 4.45. The average Bonchev–Trinajstić information content (AvgIpc) is 3.05. The quantitative estimate of drug-likeness (QED) is 0.668. The van der Waals surface area contributed by atoms with Gasteiger partial charge in [0.15, 0.2) is 5.76 Å². The molecule has 1 atom stereocenters. The van der Waals surface area contributed by atoms with Crippen LogP contribution in [0.1, 0.15) is 31.3 Å². The van der Waals surface area contributed by atoms with E-state index in [0.717, 1.165) is 6.07 Å². The Morgan fingerprint density at radius 2 is 2.14 bits per heavy atom. The van der Waals surface area contributed by atoms with Gasteiger partial charge in [0, 0.05) is 11.3 Å².